The van der Waals surface area contributed by atoms with Gasteiger partial charge in [-0.15, -0.1) is 0 Å². The van der Waals surface area contributed by atoms with Crippen LogP contribution >= 0.6 is 0 Å². The van der Waals surface area contributed by atoms with E-state index in [4.69, 9.17) is 0 Å². The van der Waals surface area contributed by atoms with Crippen molar-refractivity contribution in [2.45, 2.75) is 19.3 Å². The first-order valence-corrected chi connectivity index (χ1v) is 17.4. The molecular weight excluding hydrogens is 625 g/mol. The molecule has 3 heteroatoms. The quantitative estimate of drug-likeness (QED) is 0.168. The molecule has 0 amide bonds. The van der Waals surface area contributed by atoms with Crippen LogP contribution in [-0.2, 0) is 19.3 Å². The SMILES string of the molecule is O=C(c1cc(C(=O)c2ccc3c(c2)Cc2ccccc2-3)cc(C(=O)c2ccc3c(c2)Cc2ccccc2-3)c1)c1ccc2c(c1)Cc1ccccc1-2. The van der Waals surface area contributed by atoms with Crippen molar-refractivity contribution in [2.24, 2.45) is 0 Å². The Hall–Kier alpha value is -6.45. The van der Waals surface area contributed by atoms with Gasteiger partial charge in [0.25, 0.3) is 0 Å². The second-order valence-corrected chi connectivity index (χ2v) is 13.9. The Kier molecular flexibility index (Phi) is 6.53. The van der Waals surface area contributed by atoms with Gasteiger partial charge in [0.1, 0.15) is 0 Å². The minimum absolute atomic E-state index is 0.216. The van der Waals surface area contributed by atoms with Gasteiger partial charge < -0.3 is 0 Å². The lowest BCUT2D eigenvalue weighted by Crippen LogP contribution is -2.11. The fourth-order valence-electron chi connectivity index (χ4n) is 8.38. The maximum absolute atomic E-state index is 14.3. The molecule has 0 fully saturated rings. The fourth-order valence-corrected chi connectivity index (χ4v) is 8.38. The van der Waals surface area contributed by atoms with Crippen molar-refractivity contribution in [3.63, 3.8) is 0 Å². The van der Waals surface area contributed by atoms with Crippen molar-refractivity contribution in [3.8, 4) is 33.4 Å². The molecule has 0 atom stereocenters. The average Bonchev–Trinajstić information content (AvgIpc) is 3.86. The molecule has 7 aromatic carbocycles. The van der Waals surface area contributed by atoms with E-state index in [0.717, 1.165) is 52.6 Å². The van der Waals surface area contributed by atoms with Gasteiger partial charge in [-0.05, 0) is 122 Å². The van der Waals surface area contributed by atoms with Gasteiger partial charge in [0.15, 0.2) is 17.3 Å². The van der Waals surface area contributed by atoms with Crippen molar-refractivity contribution >= 4 is 17.3 Å². The molecular formula is C48H30O3. The van der Waals surface area contributed by atoms with Crippen LogP contribution in [0.5, 0.6) is 0 Å². The van der Waals surface area contributed by atoms with E-state index in [9.17, 15) is 14.4 Å². The van der Waals surface area contributed by atoms with E-state index in [1.807, 2.05) is 91.0 Å². The molecule has 0 unspecified atom stereocenters. The highest BCUT2D eigenvalue weighted by Gasteiger charge is 2.25. The highest BCUT2D eigenvalue weighted by atomic mass is 16.1. The number of carbonyl (C=O) groups excluding carboxylic acids is 3. The lowest BCUT2D eigenvalue weighted by atomic mass is 9.90. The maximum Gasteiger partial charge on any atom is 0.193 e. The largest absolute Gasteiger partial charge is 0.289 e. The first kappa shape index (κ1) is 29.5. The van der Waals surface area contributed by atoms with Crippen LogP contribution in [0.1, 0.15) is 81.1 Å². The zero-order valence-corrected chi connectivity index (χ0v) is 27.7. The van der Waals surface area contributed by atoms with Crippen molar-refractivity contribution in [2.75, 3.05) is 0 Å². The van der Waals surface area contributed by atoms with E-state index < -0.39 is 0 Å². The van der Waals surface area contributed by atoms with Crippen LogP contribution in [0.4, 0.5) is 0 Å². The molecule has 0 radical (unpaired) electrons. The summed E-state index contributed by atoms with van der Waals surface area (Å²) in [6.45, 7) is 0. The van der Waals surface area contributed by atoms with E-state index in [0.29, 0.717) is 33.4 Å². The highest BCUT2D eigenvalue weighted by Crippen LogP contribution is 2.40. The highest BCUT2D eigenvalue weighted by molar-refractivity contribution is 6.17. The van der Waals surface area contributed by atoms with E-state index in [1.54, 1.807) is 18.2 Å². The zero-order valence-electron chi connectivity index (χ0n) is 27.7. The molecule has 0 spiro atoms. The number of carbonyl (C=O) groups is 3. The number of fused-ring (bicyclic) bond motifs is 9. The lowest BCUT2D eigenvalue weighted by Gasteiger charge is -2.12. The van der Waals surface area contributed by atoms with E-state index in [-0.39, 0.29) is 17.3 Å². The van der Waals surface area contributed by atoms with Gasteiger partial charge in [-0.3, -0.25) is 14.4 Å². The minimum atomic E-state index is -0.216. The molecule has 0 bridgehead atoms. The van der Waals surface area contributed by atoms with Crippen molar-refractivity contribution < 1.29 is 14.4 Å². The molecule has 240 valence electrons. The van der Waals surface area contributed by atoms with Crippen LogP contribution in [0.15, 0.2) is 146 Å². The molecule has 10 rings (SSSR count). The summed E-state index contributed by atoms with van der Waals surface area (Å²) < 4.78 is 0. The summed E-state index contributed by atoms with van der Waals surface area (Å²) in [5.74, 6) is -0.649. The summed E-state index contributed by atoms with van der Waals surface area (Å²) in [4.78, 5) is 42.8. The van der Waals surface area contributed by atoms with Crippen LogP contribution in [0.3, 0.4) is 0 Å². The molecule has 0 saturated heterocycles. The minimum Gasteiger partial charge on any atom is -0.289 e. The average molecular weight is 655 g/mol. The first-order chi connectivity index (χ1) is 25.0. The molecule has 0 N–H and O–H groups in total. The fraction of sp³-hybridized carbons (Fsp3) is 0.0625. The van der Waals surface area contributed by atoms with Crippen LogP contribution in [0, 0.1) is 0 Å². The summed E-state index contributed by atoms with van der Waals surface area (Å²) in [7, 11) is 0. The van der Waals surface area contributed by atoms with Gasteiger partial charge >= 0.3 is 0 Å². The lowest BCUT2D eigenvalue weighted by molar-refractivity contribution is 0.103. The van der Waals surface area contributed by atoms with Gasteiger partial charge in [0, 0.05) is 33.4 Å². The monoisotopic (exact) mass is 654 g/mol. The summed E-state index contributed by atoms with van der Waals surface area (Å²) in [6, 6.07) is 47.4. The van der Waals surface area contributed by atoms with E-state index >= 15 is 0 Å². The number of benzene rings is 7. The van der Waals surface area contributed by atoms with Crippen molar-refractivity contribution in [1.82, 2.24) is 0 Å². The molecule has 3 nitrogen and oxygen atoms in total. The summed E-state index contributed by atoms with van der Waals surface area (Å²) >= 11 is 0. The second kappa shape index (κ2) is 11.3. The van der Waals surface area contributed by atoms with Gasteiger partial charge in [-0.25, -0.2) is 0 Å². The molecule has 51 heavy (non-hydrogen) atoms. The number of hydrogen-bond donors (Lipinski definition) is 0. The predicted molar refractivity (Wildman–Crippen MR) is 201 cm³/mol. The molecule has 0 aliphatic heterocycles. The smallest absolute Gasteiger partial charge is 0.193 e. The summed E-state index contributed by atoms with van der Waals surface area (Å²) in [5.41, 5.74) is 16.6. The van der Waals surface area contributed by atoms with Crippen molar-refractivity contribution in [1.29, 1.82) is 0 Å². The normalized spacial score (nSPS) is 12.7. The third-order valence-corrected chi connectivity index (χ3v) is 10.9. The van der Waals surface area contributed by atoms with Crippen LogP contribution < -0.4 is 0 Å². The van der Waals surface area contributed by atoms with Gasteiger partial charge in [-0.2, -0.15) is 0 Å². The van der Waals surface area contributed by atoms with Crippen LogP contribution in [0.2, 0.25) is 0 Å². The van der Waals surface area contributed by atoms with Gasteiger partial charge in [0.2, 0.25) is 0 Å². The number of hydrogen-bond acceptors (Lipinski definition) is 3. The maximum atomic E-state index is 14.3. The van der Waals surface area contributed by atoms with Crippen molar-refractivity contribution in [3.05, 3.63) is 212 Å². The third-order valence-electron chi connectivity index (χ3n) is 10.9. The number of rotatable bonds is 6. The molecule has 0 aromatic heterocycles. The predicted octanol–water partition coefficient (Wildman–Crippen LogP) is 10.1. The van der Waals surface area contributed by atoms with E-state index in [1.165, 1.54) is 33.4 Å². The van der Waals surface area contributed by atoms with Gasteiger partial charge in [-0.1, -0.05) is 109 Å². The molecule has 3 aliphatic rings. The summed E-state index contributed by atoms with van der Waals surface area (Å²) in [6.07, 6.45) is 2.29. The zero-order chi connectivity index (χ0) is 34.2. The van der Waals surface area contributed by atoms with Gasteiger partial charge in [0.05, 0.1) is 0 Å². The molecule has 3 aliphatic carbocycles. The van der Waals surface area contributed by atoms with Crippen LogP contribution in [0.25, 0.3) is 33.4 Å². The van der Waals surface area contributed by atoms with E-state index in [2.05, 4.69) is 36.4 Å². The van der Waals surface area contributed by atoms with Crippen LogP contribution in [-0.4, -0.2) is 17.3 Å². The Morgan fingerprint density at radius 1 is 0.275 bits per heavy atom. The topological polar surface area (TPSA) is 51.2 Å². The molecule has 0 heterocycles. The molecule has 0 saturated carbocycles. The second-order valence-electron chi connectivity index (χ2n) is 13.9. The standard InChI is InChI=1S/C48H30O3/c49-46(31-13-16-43-34(22-31)19-28-7-1-4-10-40(28)43)37-25-38(47(50)32-14-17-44-35(23-32)20-29-8-2-5-11-41(29)44)27-39(26-37)48(51)33-15-18-45-36(24-33)21-30-9-3-6-12-42(30)45/h1-18,22-27H,19-21H2. The Balaban J connectivity index is 1.04. The first-order valence-electron chi connectivity index (χ1n) is 17.4. The Morgan fingerprint density at radius 2 is 0.549 bits per heavy atom. The Bertz CT molecular complexity index is 2370. The third kappa shape index (κ3) is 4.77. The number of ketones is 3. The Morgan fingerprint density at radius 3 is 0.863 bits per heavy atom. The summed E-state index contributed by atoms with van der Waals surface area (Å²) in [5, 5.41) is 0. The Labute approximate surface area is 295 Å². The molecule has 7 aromatic rings.